The number of nitrogens with zero attached hydrogens (tertiary/aromatic N) is 4. The molecule has 3 heterocycles. The summed E-state index contributed by atoms with van der Waals surface area (Å²) in [6.07, 6.45) is -1.22. The molecule has 9 heteroatoms. The topological polar surface area (TPSA) is 70.3 Å². The molecule has 2 atom stereocenters. The molecule has 1 unspecified atom stereocenters. The van der Waals surface area contributed by atoms with Crippen LogP contribution in [0.4, 0.5) is 24.7 Å². The molecule has 5 rings (SSSR count). The zero-order valence-electron chi connectivity index (χ0n) is 19.4. The molecule has 2 fully saturated rings. The van der Waals surface area contributed by atoms with Gasteiger partial charge in [-0.15, -0.1) is 5.10 Å². The van der Waals surface area contributed by atoms with E-state index in [2.05, 4.69) is 44.5 Å². The summed E-state index contributed by atoms with van der Waals surface area (Å²) in [6, 6.07) is 10.2. The molecular weight excluding hydrogens is 441 g/mol. The lowest BCUT2D eigenvalue weighted by Crippen LogP contribution is -2.29. The third-order valence-electron chi connectivity index (χ3n) is 7.39. The molecule has 180 valence electrons. The van der Waals surface area contributed by atoms with Gasteiger partial charge in [-0.25, -0.2) is 0 Å². The number of aromatic nitrogens is 2. The van der Waals surface area contributed by atoms with Crippen LogP contribution in [-0.4, -0.2) is 48.3 Å². The highest BCUT2D eigenvalue weighted by Crippen LogP contribution is 2.41. The zero-order chi connectivity index (χ0) is 24.1. The van der Waals surface area contributed by atoms with E-state index in [0.717, 1.165) is 48.7 Å². The van der Waals surface area contributed by atoms with Crippen LogP contribution in [0.1, 0.15) is 35.7 Å². The number of nitrogens with two attached hydrogens (primary N) is 1. The maximum atomic E-state index is 13.4. The number of alkyl halides is 3. The van der Waals surface area contributed by atoms with Gasteiger partial charge in [-0.3, -0.25) is 0 Å². The number of anilines is 2. The number of hydrogen-bond acceptors (Lipinski definition) is 6. The Morgan fingerprint density at radius 2 is 1.91 bits per heavy atom. The smallest absolute Gasteiger partial charge is 0.371 e. The average molecular weight is 471 g/mol. The van der Waals surface area contributed by atoms with Crippen molar-refractivity contribution in [3.05, 3.63) is 59.3 Å². The quantitative estimate of drug-likeness (QED) is 0.545. The Bertz CT molecular complexity index is 1210. The Labute approximate surface area is 196 Å². The van der Waals surface area contributed by atoms with Gasteiger partial charge in [-0.2, -0.15) is 18.3 Å². The second-order valence-electron chi connectivity index (χ2n) is 9.76. The Kier molecular flexibility index (Phi) is 5.64. The van der Waals surface area contributed by atoms with E-state index in [0.29, 0.717) is 16.8 Å². The molecule has 1 spiro atoms. The molecule has 3 N–H and O–H groups in total. The van der Waals surface area contributed by atoms with Crippen LogP contribution in [0.2, 0.25) is 0 Å². The van der Waals surface area contributed by atoms with Crippen molar-refractivity contribution < 1.29 is 13.2 Å². The van der Waals surface area contributed by atoms with Crippen LogP contribution in [0, 0.1) is 12.3 Å². The summed E-state index contributed by atoms with van der Waals surface area (Å²) in [5.41, 5.74) is 7.57. The summed E-state index contributed by atoms with van der Waals surface area (Å²) in [6.45, 7) is 5.73. The van der Waals surface area contributed by atoms with Gasteiger partial charge in [-0.05, 0) is 62.7 Å². The summed E-state index contributed by atoms with van der Waals surface area (Å²) >= 11 is 0. The van der Waals surface area contributed by atoms with E-state index in [4.69, 9.17) is 5.73 Å². The summed E-state index contributed by atoms with van der Waals surface area (Å²) in [7, 11) is 2.18. The van der Waals surface area contributed by atoms with Crippen molar-refractivity contribution in [2.24, 2.45) is 11.1 Å². The number of rotatable bonds is 4. The average Bonchev–Trinajstić information content (AvgIpc) is 3.38. The number of likely N-dealkylation sites (tertiary alicyclic amines) is 1. The SMILES string of the molecule is Cc1c([C@@H](N)Nc2nncc3ccc(N4CCC5(CCN(C)C5)C4)cc23)cccc1C(F)(F)F. The Balaban J connectivity index is 1.43. The van der Waals surface area contributed by atoms with E-state index in [9.17, 15) is 13.2 Å². The lowest BCUT2D eigenvalue weighted by molar-refractivity contribution is -0.138. The van der Waals surface area contributed by atoms with E-state index < -0.39 is 17.9 Å². The van der Waals surface area contributed by atoms with Gasteiger partial charge >= 0.3 is 6.18 Å². The van der Waals surface area contributed by atoms with Crippen LogP contribution in [0.5, 0.6) is 0 Å². The van der Waals surface area contributed by atoms with Crippen molar-refractivity contribution in [1.82, 2.24) is 15.1 Å². The molecule has 2 aliphatic rings. The van der Waals surface area contributed by atoms with E-state index in [1.807, 2.05) is 6.07 Å². The molecule has 2 aliphatic heterocycles. The minimum Gasteiger partial charge on any atom is -0.371 e. The van der Waals surface area contributed by atoms with Crippen LogP contribution in [0.3, 0.4) is 0 Å². The van der Waals surface area contributed by atoms with Gasteiger partial charge in [0.2, 0.25) is 0 Å². The molecule has 0 radical (unpaired) electrons. The van der Waals surface area contributed by atoms with Gasteiger partial charge in [0, 0.05) is 41.5 Å². The first-order valence-electron chi connectivity index (χ1n) is 11.5. The minimum atomic E-state index is -4.44. The van der Waals surface area contributed by atoms with Gasteiger partial charge in [0.15, 0.2) is 5.82 Å². The largest absolute Gasteiger partial charge is 0.416 e. The summed E-state index contributed by atoms with van der Waals surface area (Å²) in [5, 5.41) is 13.1. The third-order valence-corrected chi connectivity index (χ3v) is 7.39. The molecule has 1 aromatic heterocycles. The summed E-state index contributed by atoms with van der Waals surface area (Å²) in [4.78, 5) is 4.82. The number of hydrogen-bond donors (Lipinski definition) is 2. The predicted molar refractivity (Wildman–Crippen MR) is 128 cm³/mol. The monoisotopic (exact) mass is 470 g/mol. The lowest BCUT2D eigenvalue weighted by Gasteiger charge is -2.25. The van der Waals surface area contributed by atoms with E-state index in [1.54, 1.807) is 12.3 Å². The van der Waals surface area contributed by atoms with Gasteiger partial charge in [0.25, 0.3) is 0 Å². The minimum absolute atomic E-state index is 0.104. The Morgan fingerprint density at radius 3 is 2.65 bits per heavy atom. The second-order valence-corrected chi connectivity index (χ2v) is 9.76. The second kappa shape index (κ2) is 8.39. The summed E-state index contributed by atoms with van der Waals surface area (Å²) in [5.74, 6) is 0.457. The summed E-state index contributed by atoms with van der Waals surface area (Å²) < 4.78 is 40.1. The maximum absolute atomic E-state index is 13.4. The Hall–Kier alpha value is -2.91. The number of benzene rings is 2. The number of nitrogens with one attached hydrogen (secondary N) is 1. The predicted octanol–water partition coefficient (Wildman–Crippen LogP) is 4.56. The van der Waals surface area contributed by atoms with Crippen LogP contribution >= 0.6 is 0 Å². The molecule has 2 aromatic carbocycles. The zero-order valence-corrected chi connectivity index (χ0v) is 19.4. The molecule has 6 nitrogen and oxygen atoms in total. The standard InChI is InChI=1S/C25H29F3N6/c1-16-19(4-3-5-21(16)25(26,27)28)22(29)31-23-20-12-18(7-6-17(20)13-30-32-23)34-11-9-24(15-34)8-10-33(2)14-24/h3-7,12-13,22H,8-11,14-15,29H2,1-2H3,(H,31,32)/t22-,24?/m0/s1. The molecule has 0 aliphatic carbocycles. The van der Waals surface area contributed by atoms with Gasteiger partial charge in [0.1, 0.15) is 6.17 Å². The highest BCUT2D eigenvalue weighted by Gasteiger charge is 2.42. The van der Waals surface area contributed by atoms with Gasteiger partial charge in [0.05, 0.1) is 11.8 Å². The third kappa shape index (κ3) is 4.18. The number of halogens is 3. The lowest BCUT2D eigenvalue weighted by atomic mass is 9.86. The van der Waals surface area contributed by atoms with Crippen molar-refractivity contribution in [3.63, 3.8) is 0 Å². The highest BCUT2D eigenvalue weighted by molar-refractivity contribution is 5.93. The maximum Gasteiger partial charge on any atom is 0.416 e. The van der Waals surface area contributed by atoms with Crippen LogP contribution in [0.15, 0.2) is 42.6 Å². The normalized spacial score (nSPS) is 22.1. The highest BCUT2D eigenvalue weighted by atomic mass is 19.4. The molecular formula is C25H29F3N6. The number of fused-ring (bicyclic) bond motifs is 1. The first-order chi connectivity index (χ1) is 16.2. The van der Waals surface area contributed by atoms with Crippen molar-refractivity contribution in [2.75, 3.05) is 43.4 Å². The van der Waals surface area contributed by atoms with Crippen LogP contribution in [-0.2, 0) is 6.18 Å². The first kappa shape index (κ1) is 22.9. The Morgan fingerprint density at radius 1 is 1.12 bits per heavy atom. The fourth-order valence-corrected chi connectivity index (χ4v) is 5.54. The molecule has 3 aromatic rings. The van der Waals surface area contributed by atoms with Gasteiger partial charge in [-0.1, -0.05) is 18.2 Å². The van der Waals surface area contributed by atoms with Crippen LogP contribution in [0.25, 0.3) is 10.8 Å². The van der Waals surface area contributed by atoms with Gasteiger partial charge < -0.3 is 20.9 Å². The molecule has 34 heavy (non-hydrogen) atoms. The van der Waals surface area contributed by atoms with Crippen molar-refractivity contribution in [1.29, 1.82) is 0 Å². The van der Waals surface area contributed by atoms with E-state index in [1.165, 1.54) is 25.8 Å². The van der Waals surface area contributed by atoms with Crippen molar-refractivity contribution in [3.8, 4) is 0 Å². The molecule has 0 bridgehead atoms. The first-order valence-corrected chi connectivity index (χ1v) is 11.5. The van der Waals surface area contributed by atoms with Crippen molar-refractivity contribution in [2.45, 2.75) is 32.1 Å². The van der Waals surface area contributed by atoms with E-state index >= 15 is 0 Å². The fourth-order valence-electron chi connectivity index (χ4n) is 5.54. The molecule has 0 amide bonds. The molecule has 0 saturated carbocycles. The van der Waals surface area contributed by atoms with Crippen LogP contribution < -0.4 is 16.0 Å². The fraction of sp³-hybridized carbons (Fsp3) is 0.440. The van der Waals surface area contributed by atoms with E-state index in [-0.39, 0.29) is 5.56 Å². The molecule has 2 saturated heterocycles. The van der Waals surface area contributed by atoms with Crippen molar-refractivity contribution >= 4 is 22.3 Å².